The number of carbonyl (C=O) groups is 4. The molecule has 44 nitrogen and oxygen atoms in total. The van der Waals surface area contributed by atoms with Crippen LogP contribution in [0.2, 0.25) is 0 Å². The van der Waals surface area contributed by atoms with E-state index in [1.165, 1.54) is 102 Å². The van der Waals surface area contributed by atoms with Gasteiger partial charge < -0.3 is 160 Å². The van der Waals surface area contributed by atoms with Crippen molar-refractivity contribution in [3.05, 3.63) is 12.2 Å². The lowest BCUT2D eigenvalue weighted by Crippen LogP contribution is -2.72. The van der Waals surface area contributed by atoms with Crippen molar-refractivity contribution in [2.24, 2.45) is 0 Å². The van der Waals surface area contributed by atoms with E-state index in [9.17, 15) is 132 Å². The topological polar surface area (TPSA) is 686 Å². The summed E-state index contributed by atoms with van der Waals surface area (Å²) in [5, 5.41) is 200. The smallest absolute Gasteiger partial charge is 0.397 e. The Bertz CT molecular complexity index is 3370. The molecule has 3 amide bonds. The second kappa shape index (κ2) is 55.0. The van der Waals surface area contributed by atoms with E-state index in [2.05, 4.69) is 34.0 Å². The zero-order chi connectivity index (χ0) is 92.5. The maximum Gasteiger partial charge on any atom is 0.397 e. The molecule has 0 aromatic carbocycles. The van der Waals surface area contributed by atoms with Gasteiger partial charge >= 0.3 is 26.8 Å². The minimum atomic E-state index is -5.70. The zero-order valence-corrected chi connectivity index (χ0v) is 73.3. The summed E-state index contributed by atoms with van der Waals surface area (Å²) in [6, 6.07) is -5.27. The van der Waals surface area contributed by atoms with Crippen LogP contribution in [0.5, 0.6) is 0 Å². The van der Waals surface area contributed by atoms with Crippen LogP contribution in [0.15, 0.2) is 12.2 Å². The van der Waals surface area contributed by atoms with E-state index >= 15 is 0 Å². The molecule has 0 aliphatic carbocycles. The summed E-state index contributed by atoms with van der Waals surface area (Å²) in [4.78, 5) is 53.2. The average Bonchev–Trinajstić information content (AvgIpc) is 0.749. The number of unbranched alkanes of at least 4 members (excludes halogenated alkanes) is 25. The van der Waals surface area contributed by atoms with Crippen LogP contribution in [0.25, 0.3) is 0 Å². The van der Waals surface area contributed by atoms with Crippen molar-refractivity contribution in [3.8, 4) is 0 Å². The second-order valence-electron chi connectivity index (χ2n) is 33.1. The summed E-state index contributed by atoms with van der Waals surface area (Å²) in [7, 11) is -11.3. The lowest BCUT2D eigenvalue weighted by Gasteiger charge is -2.52. The zero-order valence-electron chi connectivity index (χ0n) is 71.7. The Morgan fingerprint density at radius 1 is 0.480 bits per heavy atom. The lowest BCUT2D eigenvalue weighted by atomic mass is 9.88. The van der Waals surface area contributed by atoms with E-state index in [0.717, 1.165) is 85.0 Å². The summed E-state index contributed by atoms with van der Waals surface area (Å²) < 4.78 is 150. The molecule has 0 aromatic rings. The first kappa shape index (κ1) is 110. The number of rotatable bonds is 58. The third-order valence-corrected chi connectivity index (χ3v) is 23.9. The molecule has 125 heavy (non-hydrogen) atoms. The minimum absolute atomic E-state index is 0.110. The Morgan fingerprint density at radius 3 is 1.43 bits per heavy atom. The molecule has 0 bridgehead atoms. The van der Waals surface area contributed by atoms with Gasteiger partial charge in [0.15, 0.2) is 31.5 Å². The van der Waals surface area contributed by atoms with Crippen molar-refractivity contribution in [2.45, 2.75) is 423 Å². The Balaban J connectivity index is 1.27. The van der Waals surface area contributed by atoms with E-state index < -0.39 is 292 Å². The maximum absolute atomic E-state index is 13.6. The Morgan fingerprint density at radius 2 is 0.920 bits per heavy atom. The molecule has 0 unspecified atom stereocenters. The monoisotopic (exact) mass is 1850 g/mol. The fraction of sp³-hybridized carbons (Fsp3) is 0.924. The maximum atomic E-state index is 13.6. The largest absolute Gasteiger partial charge is 0.477 e. The number of aliphatic hydroxyl groups is 16. The molecule has 6 aliphatic heterocycles. The molecular weight excluding hydrogens is 1710 g/mol. The third-order valence-electron chi connectivity index (χ3n) is 23.1. The Kier molecular flexibility index (Phi) is 48.4. The van der Waals surface area contributed by atoms with Crippen molar-refractivity contribution in [1.29, 1.82) is 0 Å². The van der Waals surface area contributed by atoms with Gasteiger partial charge in [0, 0.05) is 26.7 Å². The quantitative estimate of drug-likeness (QED) is 0.0170. The van der Waals surface area contributed by atoms with Gasteiger partial charge in [0.05, 0.1) is 70.0 Å². The van der Waals surface area contributed by atoms with Crippen LogP contribution in [0.1, 0.15) is 221 Å². The molecule has 0 aromatic heterocycles. The highest BCUT2D eigenvalue weighted by molar-refractivity contribution is 7.81. The summed E-state index contributed by atoms with van der Waals surface area (Å²) in [6.45, 7) is 0.0774. The van der Waals surface area contributed by atoms with Crippen LogP contribution in [0.3, 0.4) is 0 Å². The molecule has 6 aliphatic rings. The van der Waals surface area contributed by atoms with Gasteiger partial charge in [-0.2, -0.15) is 16.8 Å². The van der Waals surface area contributed by atoms with Gasteiger partial charge in [-0.3, -0.25) is 23.5 Å². The van der Waals surface area contributed by atoms with Crippen LogP contribution in [-0.2, 0) is 105 Å². The van der Waals surface area contributed by atoms with E-state index in [4.69, 9.17) is 61.0 Å². The van der Waals surface area contributed by atoms with Gasteiger partial charge in [0.1, 0.15) is 134 Å². The Hall–Kier alpha value is -3.76. The van der Waals surface area contributed by atoms with Crippen molar-refractivity contribution in [1.82, 2.24) is 16.0 Å². The van der Waals surface area contributed by atoms with E-state index in [1.54, 1.807) is 6.08 Å². The summed E-state index contributed by atoms with van der Waals surface area (Å²) >= 11 is 0. The minimum Gasteiger partial charge on any atom is -0.477 e. The van der Waals surface area contributed by atoms with E-state index in [1.807, 2.05) is 0 Å². The number of aliphatic carboxylic acids is 1. The number of carboxylic acid groups (broad SMARTS) is 1. The van der Waals surface area contributed by atoms with Gasteiger partial charge in [-0.15, -0.1) is 0 Å². The van der Waals surface area contributed by atoms with Crippen LogP contribution in [0.4, 0.5) is 0 Å². The van der Waals surface area contributed by atoms with Crippen molar-refractivity contribution >= 4 is 44.5 Å². The fourth-order valence-electron chi connectivity index (χ4n) is 16.0. The molecule has 22 N–H and O–H groups in total. The number of aliphatic hydroxyl groups excluding tert-OH is 16. The highest BCUT2D eigenvalue weighted by Crippen LogP contribution is 2.42. The number of amides is 3. The molecule has 33 atom stereocenters. The molecule has 6 fully saturated rings. The highest BCUT2D eigenvalue weighted by Gasteiger charge is 2.63. The van der Waals surface area contributed by atoms with E-state index in [0.29, 0.717) is 12.8 Å². The highest BCUT2D eigenvalue weighted by atomic mass is 32.3. The molecule has 46 heteroatoms. The van der Waals surface area contributed by atoms with Gasteiger partial charge in [0.2, 0.25) is 17.7 Å². The van der Waals surface area contributed by atoms with Crippen LogP contribution in [0, 0.1) is 0 Å². The lowest BCUT2D eigenvalue weighted by molar-refractivity contribution is -0.399. The third kappa shape index (κ3) is 34.7. The summed E-state index contributed by atoms with van der Waals surface area (Å²) in [5.74, 6) is -8.26. The van der Waals surface area contributed by atoms with Crippen LogP contribution < -0.4 is 16.0 Å². The summed E-state index contributed by atoms with van der Waals surface area (Å²) in [6.07, 6.45) is -33.4. The molecular formula is C79H141N3O41S2. The Labute approximate surface area is 729 Å². The van der Waals surface area contributed by atoms with Crippen molar-refractivity contribution in [2.75, 3.05) is 39.6 Å². The molecule has 0 saturated carbocycles. The predicted octanol–water partition coefficient (Wildman–Crippen LogP) is -2.54. The number of hydrogen-bond acceptors (Lipinski definition) is 38. The van der Waals surface area contributed by atoms with Gasteiger partial charge in [-0.05, 0) is 26.2 Å². The number of carbonyl (C=O) groups excluding carboxylic acids is 3. The molecule has 6 saturated heterocycles. The molecule has 0 radical (unpaired) electrons. The first-order valence-electron chi connectivity index (χ1n) is 43.8. The standard InChI is InChI=1S/C79H141N3O41S2/c1-6-8-10-12-14-16-18-20-21-23-25-27-29-31-33-35-54(91)82-46(47(88)34-32-30-28-26-24-22-19-17-15-13-11-9-7-2)40-110-74-64(99)62(97)67(51(39-85)115-74)118-76-65(100)71(59(94)50(38-84)114-76)121-73-56(81-45(5)87)70(120-75-63(98)61(96)57(92)43(3)113-75)68(53(117-73)42-112-125(107,108)109)119-77-66(101)72(60(95)52(116-77)41-111-124(104,105)106)123-79(78(102)103)36-48(89)55(80-44(4)86)69(122-79)58(93)49(90)37-83/h32,34,43,46-53,55-77,83-85,88-90,92-101H,6-31,33,35-42H2,1-5H3,(H,80,86)(H,81,87)(H,82,91)(H,102,103)(H,104,105,106)(H,107,108,109)/b34-32+/t43-,46-,47+,48-,49+,50+,51+,52+,53+,55+,56+,57+,58+,59-,60-,61+,62+,63-,64+,65+,66+,67+,68+,69+,70+,71-,72-,73-,74+,75-,76-,77-,79-/m0/s1. The van der Waals surface area contributed by atoms with E-state index in [-0.39, 0.29) is 6.42 Å². The number of nitrogens with one attached hydrogen (secondary N) is 3. The van der Waals surface area contributed by atoms with Crippen LogP contribution >= 0.6 is 0 Å². The van der Waals surface area contributed by atoms with Crippen LogP contribution in [-0.4, -0.2) is 378 Å². The number of hydrogen-bond donors (Lipinski definition) is 22. The number of carboxylic acids is 1. The SMILES string of the molecule is CCCCCCCCCCCCC/C=C/[C@@H](O)[C@H](CO[C@@H]1O[C@H](CO)[C@@H](O[C@@H]2O[C@H](CO)[C@H](O)[C@H](O[C@@H]3O[C@H](COS(=O)(=O)O)[C@@H](O[C@@H]4O[C@H](COS(=O)(=O)O)[C@H](O)[C@H](O[C@]5(C(=O)O)C[C@H](O)[C@@H](NC(C)=O)[C@H]([C@H](O)[C@H](O)CO)O5)[C@H]4O)[C@H](O[C@@H]4O[C@@H](C)[C@@H](O)[C@@H](O)[C@@H]4O)[C@H]3NC(C)=O)[C@H]2O)[C@H](O)[C@H]1O)NC(=O)CCCCCCCCCCCCCCCCC. The number of ether oxygens (including phenoxy) is 12. The average molecular weight is 1850 g/mol. The summed E-state index contributed by atoms with van der Waals surface area (Å²) in [5.41, 5.74) is 0. The number of allylic oxidation sites excluding steroid dienone is 1. The first-order valence-corrected chi connectivity index (χ1v) is 46.5. The predicted molar refractivity (Wildman–Crippen MR) is 430 cm³/mol. The normalized spacial score (nSPS) is 35.3. The first-order chi connectivity index (χ1) is 59.2. The second-order valence-corrected chi connectivity index (χ2v) is 35.3. The van der Waals surface area contributed by atoms with Crippen molar-refractivity contribution < 1.29 is 197 Å². The molecule has 730 valence electrons. The fourth-order valence-corrected chi connectivity index (χ4v) is 16.6. The van der Waals surface area contributed by atoms with Crippen molar-refractivity contribution in [3.63, 3.8) is 0 Å². The molecule has 6 heterocycles. The van der Waals surface area contributed by atoms with Gasteiger partial charge in [-0.1, -0.05) is 180 Å². The molecule has 6 rings (SSSR count). The molecule has 0 spiro atoms. The van der Waals surface area contributed by atoms with Gasteiger partial charge in [0.25, 0.3) is 5.79 Å². The van der Waals surface area contributed by atoms with Gasteiger partial charge in [-0.25, -0.2) is 13.2 Å².